The van der Waals surface area contributed by atoms with E-state index in [9.17, 15) is 14.4 Å². The summed E-state index contributed by atoms with van der Waals surface area (Å²) in [5.74, 6) is -0.738. The van der Waals surface area contributed by atoms with Gasteiger partial charge in [-0.15, -0.1) is 0 Å². The molecule has 128 valence electrons. The van der Waals surface area contributed by atoms with Crippen LogP contribution in [0.2, 0.25) is 0 Å². The number of carbonyl (C=O) groups excluding carboxylic acids is 3. The van der Waals surface area contributed by atoms with Crippen LogP contribution in [0.4, 0.5) is 5.69 Å². The molecule has 0 fully saturated rings. The van der Waals surface area contributed by atoms with Crippen LogP contribution >= 0.6 is 0 Å². The highest BCUT2D eigenvalue weighted by Crippen LogP contribution is 2.19. The minimum atomic E-state index is -0.384. The van der Waals surface area contributed by atoms with Gasteiger partial charge in [-0.1, -0.05) is 23.8 Å². The van der Waals surface area contributed by atoms with Gasteiger partial charge in [0.15, 0.2) is 5.78 Å². The number of allylic oxidation sites excluding steroid dienone is 1. The Hall–Kier alpha value is -2.43. The fourth-order valence-corrected chi connectivity index (χ4v) is 2.72. The van der Waals surface area contributed by atoms with Crippen LogP contribution in [-0.4, -0.2) is 24.1 Å². The number of anilines is 1. The minimum Gasteiger partial charge on any atom is -0.355 e. The van der Waals surface area contributed by atoms with E-state index in [4.69, 9.17) is 0 Å². The van der Waals surface area contributed by atoms with E-state index in [0.717, 1.165) is 19.3 Å². The molecule has 0 unspecified atom stereocenters. The summed E-state index contributed by atoms with van der Waals surface area (Å²) < 4.78 is 0. The molecular formula is C19H24N2O3. The van der Waals surface area contributed by atoms with E-state index >= 15 is 0 Å². The van der Waals surface area contributed by atoms with Crippen molar-refractivity contribution in [2.75, 3.05) is 11.9 Å². The third kappa shape index (κ3) is 5.99. The van der Waals surface area contributed by atoms with Crippen molar-refractivity contribution in [2.24, 2.45) is 0 Å². The zero-order valence-corrected chi connectivity index (χ0v) is 14.1. The second-order valence-electron chi connectivity index (χ2n) is 6.07. The van der Waals surface area contributed by atoms with Crippen molar-refractivity contribution in [3.05, 3.63) is 41.5 Å². The topological polar surface area (TPSA) is 75.3 Å². The van der Waals surface area contributed by atoms with Crippen LogP contribution in [0.15, 0.2) is 35.9 Å². The molecule has 1 aliphatic carbocycles. The molecule has 1 aromatic rings. The van der Waals surface area contributed by atoms with Crippen LogP contribution in [0.5, 0.6) is 0 Å². The second-order valence-corrected chi connectivity index (χ2v) is 6.07. The Balaban J connectivity index is 1.73. The maximum absolute atomic E-state index is 11.9. The maximum atomic E-state index is 11.9. The van der Waals surface area contributed by atoms with E-state index in [0.29, 0.717) is 17.8 Å². The van der Waals surface area contributed by atoms with Gasteiger partial charge >= 0.3 is 0 Å². The monoisotopic (exact) mass is 328 g/mol. The lowest BCUT2D eigenvalue weighted by atomic mass is 9.97. The quantitative estimate of drug-likeness (QED) is 0.458. The van der Waals surface area contributed by atoms with Crippen LogP contribution in [0, 0.1) is 0 Å². The van der Waals surface area contributed by atoms with E-state index in [-0.39, 0.29) is 24.0 Å². The van der Waals surface area contributed by atoms with Gasteiger partial charge < -0.3 is 10.6 Å². The second kappa shape index (κ2) is 9.01. The van der Waals surface area contributed by atoms with Crippen molar-refractivity contribution >= 4 is 23.3 Å². The van der Waals surface area contributed by atoms with Gasteiger partial charge in [-0.2, -0.15) is 0 Å². The van der Waals surface area contributed by atoms with Crippen molar-refractivity contribution in [1.82, 2.24) is 5.32 Å². The summed E-state index contributed by atoms with van der Waals surface area (Å²) in [4.78, 5) is 35.0. The molecule has 0 radical (unpaired) electrons. The van der Waals surface area contributed by atoms with Crippen LogP contribution in [0.1, 0.15) is 55.8 Å². The zero-order valence-electron chi connectivity index (χ0n) is 14.1. The van der Waals surface area contributed by atoms with E-state index in [1.165, 1.54) is 25.3 Å². The first-order chi connectivity index (χ1) is 11.5. The average Bonchev–Trinajstić information content (AvgIpc) is 2.56. The van der Waals surface area contributed by atoms with E-state index in [1.807, 2.05) is 0 Å². The van der Waals surface area contributed by atoms with Crippen LogP contribution in [0.25, 0.3) is 0 Å². The number of hydrogen-bond acceptors (Lipinski definition) is 3. The molecule has 2 amide bonds. The third-order valence-corrected chi connectivity index (χ3v) is 4.03. The maximum Gasteiger partial charge on any atom is 0.233 e. The smallest absolute Gasteiger partial charge is 0.233 e. The van der Waals surface area contributed by atoms with Crippen LogP contribution < -0.4 is 10.6 Å². The third-order valence-electron chi connectivity index (χ3n) is 4.03. The van der Waals surface area contributed by atoms with Gasteiger partial charge in [-0.3, -0.25) is 14.4 Å². The number of amides is 2. The summed E-state index contributed by atoms with van der Waals surface area (Å²) in [5.41, 5.74) is 2.44. The molecule has 0 heterocycles. The summed E-state index contributed by atoms with van der Waals surface area (Å²) in [6, 6.07) is 6.68. The largest absolute Gasteiger partial charge is 0.355 e. The highest BCUT2D eigenvalue weighted by molar-refractivity contribution is 6.04. The number of rotatable bonds is 7. The van der Waals surface area contributed by atoms with Crippen LogP contribution in [-0.2, 0) is 9.59 Å². The number of ketones is 1. The summed E-state index contributed by atoms with van der Waals surface area (Å²) in [7, 11) is 0. The summed E-state index contributed by atoms with van der Waals surface area (Å²) >= 11 is 0. The molecule has 0 bridgehead atoms. The lowest BCUT2D eigenvalue weighted by Gasteiger charge is -2.13. The molecule has 5 heteroatoms. The fourth-order valence-electron chi connectivity index (χ4n) is 2.72. The Kier molecular flexibility index (Phi) is 6.73. The van der Waals surface area contributed by atoms with Crippen LogP contribution in [0.3, 0.4) is 0 Å². The summed E-state index contributed by atoms with van der Waals surface area (Å²) in [6.07, 6.45) is 7.61. The zero-order chi connectivity index (χ0) is 17.4. The molecule has 0 saturated carbocycles. The van der Waals surface area contributed by atoms with Gasteiger partial charge in [-0.05, 0) is 51.2 Å². The number of hydrogen-bond donors (Lipinski definition) is 2. The highest BCUT2D eigenvalue weighted by atomic mass is 16.2. The lowest BCUT2D eigenvalue weighted by molar-refractivity contribution is -0.126. The Labute approximate surface area is 142 Å². The fraction of sp³-hybridized carbons (Fsp3) is 0.421. The normalized spacial score (nSPS) is 13.8. The lowest BCUT2D eigenvalue weighted by Crippen LogP contribution is -2.29. The molecule has 0 aromatic heterocycles. The molecule has 1 aliphatic rings. The predicted molar refractivity (Wildman–Crippen MR) is 93.9 cm³/mol. The van der Waals surface area contributed by atoms with Gasteiger partial charge in [0.05, 0.1) is 0 Å². The standard InChI is InChI=1S/C19H24N2O3/c1-14(22)16-8-5-9-17(12-16)21-19(24)13-18(23)20-11-10-15-6-3-2-4-7-15/h5-6,8-9,12H,2-4,7,10-11,13H2,1H3,(H,20,23)(H,21,24). The molecule has 0 atom stereocenters. The Bertz CT molecular complexity index is 650. The number of nitrogens with one attached hydrogen (secondary N) is 2. The molecule has 0 saturated heterocycles. The number of carbonyl (C=O) groups is 3. The molecule has 1 aromatic carbocycles. The van der Waals surface area contributed by atoms with Crippen molar-refractivity contribution in [2.45, 2.75) is 45.4 Å². The van der Waals surface area contributed by atoms with E-state index in [2.05, 4.69) is 16.7 Å². The van der Waals surface area contributed by atoms with Crippen molar-refractivity contribution < 1.29 is 14.4 Å². The Morgan fingerprint density at radius 3 is 2.67 bits per heavy atom. The summed E-state index contributed by atoms with van der Waals surface area (Å²) in [5, 5.41) is 5.43. The Morgan fingerprint density at radius 2 is 1.96 bits per heavy atom. The van der Waals surface area contributed by atoms with Gasteiger partial charge in [0, 0.05) is 17.8 Å². The first kappa shape index (κ1) is 17.9. The van der Waals surface area contributed by atoms with E-state index < -0.39 is 0 Å². The van der Waals surface area contributed by atoms with Gasteiger partial charge in [0.1, 0.15) is 6.42 Å². The highest BCUT2D eigenvalue weighted by Gasteiger charge is 2.11. The van der Waals surface area contributed by atoms with Crippen molar-refractivity contribution in [3.8, 4) is 0 Å². The summed E-state index contributed by atoms with van der Waals surface area (Å²) in [6.45, 7) is 2.04. The van der Waals surface area contributed by atoms with Gasteiger partial charge in [0.25, 0.3) is 0 Å². The van der Waals surface area contributed by atoms with Gasteiger partial charge in [0.2, 0.25) is 11.8 Å². The molecule has 0 spiro atoms. The molecule has 24 heavy (non-hydrogen) atoms. The Morgan fingerprint density at radius 1 is 1.12 bits per heavy atom. The van der Waals surface area contributed by atoms with E-state index in [1.54, 1.807) is 24.3 Å². The predicted octanol–water partition coefficient (Wildman–Crippen LogP) is 3.22. The van der Waals surface area contributed by atoms with Gasteiger partial charge in [-0.25, -0.2) is 0 Å². The molecule has 5 nitrogen and oxygen atoms in total. The first-order valence-electron chi connectivity index (χ1n) is 8.40. The molecule has 2 N–H and O–H groups in total. The van der Waals surface area contributed by atoms with Crippen molar-refractivity contribution in [3.63, 3.8) is 0 Å². The SMILES string of the molecule is CC(=O)c1cccc(NC(=O)CC(=O)NCCC2=CCCCC2)c1. The molecule has 0 aliphatic heterocycles. The average molecular weight is 328 g/mol. The number of benzene rings is 1. The minimum absolute atomic E-state index is 0.0686. The molecular weight excluding hydrogens is 304 g/mol. The molecule has 2 rings (SSSR count). The van der Waals surface area contributed by atoms with Crippen molar-refractivity contribution in [1.29, 1.82) is 0 Å². The number of Topliss-reactive ketones (excluding diaryl/α,β-unsaturated/α-hetero) is 1. The first-order valence-corrected chi connectivity index (χ1v) is 8.40.